The number of carbonyl (C=O) groups is 1. The summed E-state index contributed by atoms with van der Waals surface area (Å²) < 4.78 is 36.2. The van der Waals surface area contributed by atoms with Crippen molar-refractivity contribution in [2.45, 2.75) is 31.1 Å². The maximum absolute atomic E-state index is 12.1. The Morgan fingerprint density at radius 2 is 2.15 bits per heavy atom. The van der Waals surface area contributed by atoms with Gasteiger partial charge in [0.05, 0.1) is 0 Å². The summed E-state index contributed by atoms with van der Waals surface area (Å²) in [5.41, 5.74) is -1.41. The highest BCUT2D eigenvalue weighted by molar-refractivity contribution is 7.96. The summed E-state index contributed by atoms with van der Waals surface area (Å²) in [7, 11) is 0. The van der Waals surface area contributed by atoms with Crippen LogP contribution in [0.5, 0.6) is 0 Å². The monoisotopic (exact) mass is 212 g/mol. The molecule has 0 saturated carbocycles. The smallest absolute Gasteiger partial charge is 0.285 e. The first-order valence-electron chi connectivity index (χ1n) is 3.48. The summed E-state index contributed by atoms with van der Waals surface area (Å²) in [6.45, 7) is 1.29. The van der Waals surface area contributed by atoms with Gasteiger partial charge in [0, 0.05) is 6.42 Å². The molecule has 0 aromatic heterocycles. The molecular formula is C6H7F3N2OS. The van der Waals surface area contributed by atoms with Gasteiger partial charge in [-0.15, -0.1) is 12.6 Å². The van der Waals surface area contributed by atoms with Gasteiger partial charge in [-0.1, -0.05) is 0 Å². The minimum absolute atomic E-state index is 0.446. The lowest BCUT2D eigenvalue weighted by molar-refractivity contribution is -0.148. The van der Waals surface area contributed by atoms with Crippen molar-refractivity contribution >= 4 is 17.7 Å². The molecule has 74 valence electrons. The fourth-order valence-corrected chi connectivity index (χ4v) is 1.10. The third-order valence-corrected chi connectivity index (χ3v) is 2.33. The van der Waals surface area contributed by atoms with Crippen molar-refractivity contribution in [1.29, 1.82) is 0 Å². The molecule has 1 aliphatic heterocycles. The van der Waals surface area contributed by atoms with Crippen LogP contribution in [-0.2, 0) is 4.79 Å². The number of alkyl halides is 3. The van der Waals surface area contributed by atoms with Crippen LogP contribution in [-0.4, -0.2) is 22.9 Å². The Hall–Kier alpha value is -0.590. The summed E-state index contributed by atoms with van der Waals surface area (Å²) in [5.74, 6) is 0. The summed E-state index contributed by atoms with van der Waals surface area (Å²) in [4.78, 5) is 10.8. The Bertz CT molecular complexity index is 265. The molecule has 0 aromatic rings. The first-order valence-corrected chi connectivity index (χ1v) is 3.92. The minimum atomic E-state index is -4.43. The van der Waals surface area contributed by atoms with E-state index in [0.29, 0.717) is 0 Å². The van der Waals surface area contributed by atoms with Crippen LogP contribution in [0.4, 0.5) is 13.2 Å². The molecule has 0 N–H and O–H groups in total. The largest absolute Gasteiger partial charge is 0.412 e. The highest BCUT2D eigenvalue weighted by Crippen LogP contribution is 2.37. The van der Waals surface area contributed by atoms with Gasteiger partial charge in [0.1, 0.15) is 5.54 Å². The summed E-state index contributed by atoms with van der Waals surface area (Å²) in [6, 6.07) is -1.87. The second kappa shape index (κ2) is 2.97. The van der Waals surface area contributed by atoms with Gasteiger partial charge in [-0.2, -0.15) is 23.4 Å². The lowest BCUT2D eigenvalue weighted by Gasteiger charge is -2.16. The van der Waals surface area contributed by atoms with E-state index in [1.165, 1.54) is 6.92 Å². The van der Waals surface area contributed by atoms with Crippen molar-refractivity contribution in [3.05, 3.63) is 0 Å². The number of halogens is 3. The van der Waals surface area contributed by atoms with Crippen LogP contribution in [0.15, 0.2) is 10.2 Å². The number of nitrogens with zero attached hydrogens (tertiary/aromatic N) is 2. The van der Waals surface area contributed by atoms with Crippen LogP contribution in [0.1, 0.15) is 13.3 Å². The van der Waals surface area contributed by atoms with Gasteiger partial charge in [-0.25, -0.2) is 0 Å². The highest BCUT2D eigenvalue weighted by Gasteiger charge is 2.50. The van der Waals surface area contributed by atoms with Gasteiger partial charge >= 0.3 is 6.18 Å². The molecular weight excluding hydrogens is 205 g/mol. The second-order valence-electron chi connectivity index (χ2n) is 3.06. The molecule has 0 aromatic carbocycles. The van der Waals surface area contributed by atoms with Crippen molar-refractivity contribution in [2.75, 3.05) is 0 Å². The van der Waals surface area contributed by atoms with Crippen LogP contribution < -0.4 is 0 Å². The third kappa shape index (κ3) is 2.01. The van der Waals surface area contributed by atoms with Gasteiger partial charge in [-0.3, -0.25) is 4.79 Å². The molecule has 0 amide bonds. The lowest BCUT2D eigenvalue weighted by Crippen LogP contribution is -2.34. The predicted octanol–water partition coefficient (Wildman–Crippen LogP) is 1.99. The van der Waals surface area contributed by atoms with Crippen molar-refractivity contribution in [2.24, 2.45) is 10.2 Å². The zero-order chi connectivity index (χ0) is 10.3. The Balaban J connectivity index is 2.77. The van der Waals surface area contributed by atoms with Gasteiger partial charge in [0.15, 0.2) is 6.04 Å². The molecule has 0 saturated heterocycles. The normalized spacial score (nSPS) is 33.8. The number of carbonyl (C=O) groups excluding carboxylic acids is 1. The Morgan fingerprint density at radius 3 is 2.38 bits per heavy atom. The first-order chi connectivity index (χ1) is 5.76. The number of hydrogen-bond donors (Lipinski definition) is 1. The maximum Gasteiger partial charge on any atom is 0.412 e. The van der Waals surface area contributed by atoms with E-state index >= 15 is 0 Å². The molecule has 1 unspecified atom stereocenters. The van der Waals surface area contributed by atoms with E-state index in [4.69, 9.17) is 0 Å². The molecule has 7 heteroatoms. The second-order valence-corrected chi connectivity index (χ2v) is 3.46. The van der Waals surface area contributed by atoms with Crippen LogP contribution in [0.2, 0.25) is 0 Å². The zero-order valence-electron chi connectivity index (χ0n) is 6.67. The predicted molar refractivity (Wildman–Crippen MR) is 41.7 cm³/mol. The Morgan fingerprint density at radius 1 is 1.62 bits per heavy atom. The van der Waals surface area contributed by atoms with E-state index in [2.05, 4.69) is 22.9 Å². The van der Waals surface area contributed by atoms with E-state index in [9.17, 15) is 18.0 Å². The molecule has 2 atom stereocenters. The summed E-state index contributed by atoms with van der Waals surface area (Å²) in [6.07, 6.45) is -4.87. The van der Waals surface area contributed by atoms with Crippen molar-refractivity contribution in [1.82, 2.24) is 0 Å². The molecule has 13 heavy (non-hydrogen) atoms. The Labute approximate surface area is 77.8 Å². The highest BCUT2D eigenvalue weighted by atomic mass is 32.1. The molecule has 1 heterocycles. The maximum atomic E-state index is 12.1. The van der Waals surface area contributed by atoms with Crippen LogP contribution in [0.25, 0.3) is 0 Å². The van der Waals surface area contributed by atoms with Crippen molar-refractivity contribution in [3.8, 4) is 0 Å². The van der Waals surface area contributed by atoms with Gasteiger partial charge < -0.3 is 0 Å². The fraction of sp³-hybridized carbons (Fsp3) is 0.833. The first kappa shape index (κ1) is 10.5. The van der Waals surface area contributed by atoms with E-state index in [0.717, 1.165) is 0 Å². The molecule has 1 rings (SSSR count). The fourth-order valence-electron chi connectivity index (χ4n) is 0.967. The SMILES string of the molecule is C[C@]1(C(=O)S)CC(C(F)(F)F)N=N1. The van der Waals surface area contributed by atoms with E-state index in [1.807, 2.05) is 0 Å². The number of rotatable bonds is 1. The molecule has 0 radical (unpaired) electrons. The van der Waals surface area contributed by atoms with E-state index in [1.54, 1.807) is 0 Å². The van der Waals surface area contributed by atoms with Crippen LogP contribution >= 0.6 is 12.6 Å². The molecule has 0 spiro atoms. The number of thiol groups is 1. The quantitative estimate of drug-likeness (QED) is 0.663. The molecule has 0 aliphatic carbocycles. The van der Waals surface area contributed by atoms with Gasteiger partial charge in [0.25, 0.3) is 0 Å². The zero-order valence-corrected chi connectivity index (χ0v) is 7.56. The number of azo groups is 1. The third-order valence-electron chi connectivity index (χ3n) is 1.85. The van der Waals surface area contributed by atoms with E-state index < -0.39 is 29.3 Å². The standard InChI is InChI=1S/C6H7F3N2OS/c1-5(4(12)13)2-3(10-11-5)6(7,8)9/h3H,2H2,1H3,(H,12,13)/t3?,5-/m1/s1. The minimum Gasteiger partial charge on any atom is -0.285 e. The average Bonchev–Trinajstić information content (AvgIpc) is 2.31. The Kier molecular flexibility index (Phi) is 2.40. The van der Waals surface area contributed by atoms with E-state index in [-0.39, 0.29) is 0 Å². The molecule has 0 fully saturated rings. The lowest BCUT2D eigenvalue weighted by atomic mass is 9.97. The van der Waals surface area contributed by atoms with Gasteiger partial charge in [-0.05, 0) is 6.92 Å². The molecule has 1 aliphatic rings. The number of hydrogen-bond acceptors (Lipinski definition) is 3. The topological polar surface area (TPSA) is 41.8 Å². The van der Waals surface area contributed by atoms with Crippen LogP contribution in [0, 0.1) is 0 Å². The summed E-state index contributed by atoms with van der Waals surface area (Å²) in [5, 5.41) is 5.61. The summed E-state index contributed by atoms with van der Waals surface area (Å²) >= 11 is 3.46. The van der Waals surface area contributed by atoms with Gasteiger partial charge in [0.2, 0.25) is 5.12 Å². The van der Waals surface area contributed by atoms with Crippen molar-refractivity contribution < 1.29 is 18.0 Å². The van der Waals surface area contributed by atoms with Crippen LogP contribution in [0.3, 0.4) is 0 Å². The molecule has 0 bridgehead atoms. The van der Waals surface area contributed by atoms with Crippen molar-refractivity contribution in [3.63, 3.8) is 0 Å². The average molecular weight is 212 g/mol. The molecule has 3 nitrogen and oxygen atoms in total.